The average molecular weight is 287 g/mol. The van der Waals surface area contributed by atoms with E-state index < -0.39 is 11.4 Å². The molecule has 112 valence electrons. The normalized spacial score (nSPS) is 21.1. The van der Waals surface area contributed by atoms with Crippen LogP contribution in [0.1, 0.15) is 30.9 Å². The Balaban J connectivity index is 1.63. The summed E-state index contributed by atoms with van der Waals surface area (Å²) >= 11 is 0. The van der Waals surface area contributed by atoms with Crippen LogP contribution in [0.3, 0.4) is 0 Å². The van der Waals surface area contributed by atoms with Gasteiger partial charge in [-0.1, -0.05) is 24.3 Å². The largest absolute Gasteiger partial charge is 0.481 e. The number of hydrogen-bond donors (Lipinski definition) is 1. The fourth-order valence-corrected chi connectivity index (χ4v) is 3.43. The summed E-state index contributed by atoms with van der Waals surface area (Å²) in [6, 6.07) is 8.23. The zero-order valence-corrected chi connectivity index (χ0v) is 12.3. The third kappa shape index (κ3) is 2.55. The Morgan fingerprint density at radius 3 is 2.14 bits per heavy atom. The minimum Gasteiger partial charge on any atom is -0.481 e. The number of carboxylic acids is 1. The standard InChI is InChI=1S/C17H21NO3/c1-17(16(20)21)6-8-18(9-7-17)15(19)14-10-12-4-2-3-5-13(12)11-14/h2-5,14H,6-11H2,1H3,(H,20,21). The van der Waals surface area contributed by atoms with Crippen molar-refractivity contribution in [3.05, 3.63) is 35.4 Å². The maximum absolute atomic E-state index is 12.6. The molecule has 0 spiro atoms. The van der Waals surface area contributed by atoms with Crippen molar-refractivity contribution in [3.63, 3.8) is 0 Å². The Hall–Kier alpha value is -1.84. The molecule has 4 nitrogen and oxygen atoms in total. The summed E-state index contributed by atoms with van der Waals surface area (Å²) in [7, 11) is 0. The fraction of sp³-hybridized carbons (Fsp3) is 0.529. The summed E-state index contributed by atoms with van der Waals surface area (Å²) in [4.78, 5) is 25.7. The molecule has 1 aliphatic carbocycles. The Morgan fingerprint density at radius 2 is 1.67 bits per heavy atom. The molecule has 0 saturated carbocycles. The van der Waals surface area contributed by atoms with Crippen molar-refractivity contribution < 1.29 is 14.7 Å². The van der Waals surface area contributed by atoms with Crippen molar-refractivity contribution in [3.8, 4) is 0 Å². The number of carbonyl (C=O) groups excluding carboxylic acids is 1. The summed E-state index contributed by atoms with van der Waals surface area (Å²) in [5.74, 6) is -0.516. The summed E-state index contributed by atoms with van der Waals surface area (Å²) in [6.07, 6.45) is 2.74. The number of nitrogens with zero attached hydrogens (tertiary/aromatic N) is 1. The van der Waals surface area contributed by atoms with E-state index in [1.807, 2.05) is 17.0 Å². The SMILES string of the molecule is CC1(C(=O)O)CCN(C(=O)C2Cc3ccccc3C2)CC1. The van der Waals surface area contributed by atoms with Crippen LogP contribution in [-0.4, -0.2) is 35.0 Å². The molecule has 0 unspecified atom stereocenters. The van der Waals surface area contributed by atoms with Crippen LogP contribution >= 0.6 is 0 Å². The van der Waals surface area contributed by atoms with Crippen LogP contribution in [0.15, 0.2) is 24.3 Å². The van der Waals surface area contributed by atoms with Crippen molar-refractivity contribution in [1.82, 2.24) is 4.90 Å². The molecule has 1 aromatic carbocycles. The van der Waals surface area contributed by atoms with Crippen LogP contribution < -0.4 is 0 Å². The Bertz CT molecular complexity index is 548. The number of aliphatic carboxylic acids is 1. The summed E-state index contributed by atoms with van der Waals surface area (Å²) in [5, 5.41) is 9.25. The van der Waals surface area contributed by atoms with Crippen molar-refractivity contribution in [1.29, 1.82) is 0 Å². The van der Waals surface area contributed by atoms with Gasteiger partial charge in [0.1, 0.15) is 0 Å². The molecule has 1 aromatic rings. The molecule has 1 fully saturated rings. The minimum absolute atomic E-state index is 0.0385. The first-order valence-electron chi connectivity index (χ1n) is 7.58. The van der Waals surface area contributed by atoms with Gasteiger partial charge in [0.25, 0.3) is 0 Å². The number of piperidine rings is 1. The van der Waals surface area contributed by atoms with Gasteiger partial charge in [-0.05, 0) is 43.7 Å². The van der Waals surface area contributed by atoms with E-state index in [1.54, 1.807) is 6.92 Å². The van der Waals surface area contributed by atoms with Gasteiger partial charge in [-0.3, -0.25) is 9.59 Å². The average Bonchev–Trinajstić information content (AvgIpc) is 2.91. The first-order valence-corrected chi connectivity index (χ1v) is 7.58. The van der Waals surface area contributed by atoms with Crippen LogP contribution in [0.5, 0.6) is 0 Å². The number of carboxylic acid groups (broad SMARTS) is 1. The van der Waals surface area contributed by atoms with E-state index in [4.69, 9.17) is 0 Å². The molecule has 3 rings (SSSR count). The van der Waals surface area contributed by atoms with Crippen molar-refractivity contribution in [2.45, 2.75) is 32.6 Å². The number of hydrogen-bond acceptors (Lipinski definition) is 2. The first kappa shape index (κ1) is 14.1. The highest BCUT2D eigenvalue weighted by Gasteiger charge is 2.39. The molecule has 1 amide bonds. The van der Waals surface area contributed by atoms with Gasteiger partial charge < -0.3 is 10.0 Å². The van der Waals surface area contributed by atoms with Crippen LogP contribution in [0.25, 0.3) is 0 Å². The fourth-order valence-electron chi connectivity index (χ4n) is 3.43. The zero-order valence-electron chi connectivity index (χ0n) is 12.3. The summed E-state index contributed by atoms with van der Waals surface area (Å²) in [5.41, 5.74) is 1.89. The molecule has 1 saturated heterocycles. The van der Waals surface area contributed by atoms with E-state index >= 15 is 0 Å². The highest BCUT2D eigenvalue weighted by molar-refractivity contribution is 5.81. The number of likely N-dealkylation sites (tertiary alicyclic amines) is 1. The second-order valence-corrected chi connectivity index (χ2v) is 6.56. The quantitative estimate of drug-likeness (QED) is 0.906. The Labute approximate surface area is 124 Å². The third-order valence-corrected chi connectivity index (χ3v) is 5.10. The van der Waals surface area contributed by atoms with E-state index in [0.717, 1.165) is 12.8 Å². The van der Waals surface area contributed by atoms with Gasteiger partial charge in [-0.15, -0.1) is 0 Å². The number of benzene rings is 1. The lowest BCUT2D eigenvalue weighted by Crippen LogP contribution is -2.47. The molecule has 21 heavy (non-hydrogen) atoms. The molecule has 2 aliphatic rings. The maximum atomic E-state index is 12.6. The van der Waals surface area contributed by atoms with E-state index in [9.17, 15) is 14.7 Å². The molecule has 1 heterocycles. The van der Waals surface area contributed by atoms with Gasteiger partial charge in [0.05, 0.1) is 5.41 Å². The van der Waals surface area contributed by atoms with Crippen LogP contribution in [0.2, 0.25) is 0 Å². The zero-order chi connectivity index (χ0) is 15.0. The van der Waals surface area contributed by atoms with Crippen molar-refractivity contribution in [2.75, 3.05) is 13.1 Å². The molecule has 0 atom stereocenters. The van der Waals surface area contributed by atoms with E-state index in [0.29, 0.717) is 25.9 Å². The van der Waals surface area contributed by atoms with Gasteiger partial charge >= 0.3 is 5.97 Å². The number of rotatable bonds is 2. The monoisotopic (exact) mass is 287 g/mol. The van der Waals surface area contributed by atoms with Crippen LogP contribution in [-0.2, 0) is 22.4 Å². The van der Waals surface area contributed by atoms with Gasteiger partial charge in [0.15, 0.2) is 0 Å². The third-order valence-electron chi connectivity index (χ3n) is 5.10. The highest BCUT2D eigenvalue weighted by atomic mass is 16.4. The molecule has 4 heteroatoms. The first-order chi connectivity index (χ1) is 9.99. The lowest BCUT2D eigenvalue weighted by atomic mass is 9.80. The maximum Gasteiger partial charge on any atom is 0.309 e. The van der Waals surface area contributed by atoms with E-state index in [-0.39, 0.29) is 11.8 Å². The molecule has 0 aromatic heterocycles. The molecule has 1 N–H and O–H groups in total. The second-order valence-electron chi connectivity index (χ2n) is 6.56. The molecular weight excluding hydrogens is 266 g/mol. The van der Waals surface area contributed by atoms with E-state index in [2.05, 4.69) is 12.1 Å². The van der Waals surface area contributed by atoms with Crippen LogP contribution in [0.4, 0.5) is 0 Å². The molecule has 0 radical (unpaired) electrons. The smallest absolute Gasteiger partial charge is 0.309 e. The van der Waals surface area contributed by atoms with Gasteiger partial charge in [0, 0.05) is 19.0 Å². The number of amides is 1. The number of fused-ring (bicyclic) bond motifs is 1. The Morgan fingerprint density at radius 1 is 1.14 bits per heavy atom. The van der Waals surface area contributed by atoms with E-state index in [1.165, 1.54) is 11.1 Å². The van der Waals surface area contributed by atoms with Gasteiger partial charge in [0.2, 0.25) is 5.91 Å². The topological polar surface area (TPSA) is 57.6 Å². The predicted molar refractivity (Wildman–Crippen MR) is 78.9 cm³/mol. The van der Waals surface area contributed by atoms with Gasteiger partial charge in [-0.25, -0.2) is 0 Å². The lowest BCUT2D eigenvalue weighted by Gasteiger charge is -2.37. The second kappa shape index (κ2) is 5.17. The Kier molecular flexibility index (Phi) is 3.47. The summed E-state index contributed by atoms with van der Waals surface area (Å²) in [6.45, 7) is 2.91. The van der Waals surface area contributed by atoms with Crippen molar-refractivity contribution in [2.24, 2.45) is 11.3 Å². The molecule has 0 bridgehead atoms. The summed E-state index contributed by atoms with van der Waals surface area (Å²) < 4.78 is 0. The minimum atomic E-state index is -0.747. The molecular formula is C17H21NO3. The van der Waals surface area contributed by atoms with Crippen molar-refractivity contribution >= 4 is 11.9 Å². The highest BCUT2D eigenvalue weighted by Crippen LogP contribution is 2.33. The molecule has 1 aliphatic heterocycles. The van der Waals surface area contributed by atoms with Gasteiger partial charge in [-0.2, -0.15) is 0 Å². The van der Waals surface area contributed by atoms with Crippen LogP contribution in [0, 0.1) is 11.3 Å². The predicted octanol–water partition coefficient (Wildman–Crippen LogP) is 2.11. The lowest BCUT2D eigenvalue weighted by molar-refractivity contribution is -0.153. The number of carbonyl (C=O) groups is 2.